The van der Waals surface area contributed by atoms with E-state index < -0.39 is 0 Å². The molecule has 12 aromatic carbocycles. The van der Waals surface area contributed by atoms with E-state index in [1.165, 1.54) is 27.8 Å². The third kappa shape index (κ3) is 8.56. The largest absolute Gasteiger partial charge is 0.311 e. The first-order valence-corrected chi connectivity index (χ1v) is 29.6. The number of fused-ring (bicyclic) bond motifs is 7. The van der Waals surface area contributed by atoms with Gasteiger partial charge in [-0.1, -0.05) is 218 Å². The summed E-state index contributed by atoms with van der Waals surface area (Å²) in [5, 5.41) is 2.21. The summed E-state index contributed by atoms with van der Waals surface area (Å²) in [7, 11) is 0. The van der Waals surface area contributed by atoms with Gasteiger partial charge in [-0.3, -0.25) is 0 Å². The number of para-hydroxylation sites is 5. The number of rotatable bonds is 10. The van der Waals surface area contributed by atoms with E-state index >= 15 is 0 Å². The summed E-state index contributed by atoms with van der Waals surface area (Å²) in [6.45, 7) is 0.00581. The molecule has 3 aromatic heterocycles. The molecule has 15 aromatic rings. The summed E-state index contributed by atoms with van der Waals surface area (Å²) in [5.41, 5.74) is 20.9. The SMILES string of the molecule is c1ccc(-c2nc(-c3ccccc3)nc(-c3ccc(-n4c5ccccc5c5cc(-c6cc7c8c(c6)N(c6ccccc6)c6ccccc6B8c6ccccc6N7c6ccccc6)ccc54)c(-c4nc(-c5ccccc5)nc(-c5ccccc5)n4)c3)n2)cc1. The van der Waals surface area contributed by atoms with Crippen molar-refractivity contribution in [3.8, 4) is 85.1 Å². The standard InChI is InChI=1S/C78H50BN9/c1-7-25-51(26-8-1)73-80-74(52-27-9-2-10-28-52)83-77(82-73)56-44-46-67(62(48-56)78-84-75(53-29-11-3-12-30-53)81-76(85-78)54-31-13-4-14-32-54)88-65-40-22-19-37-60(65)61-47-55(43-45-66(61)88)57-49-70-72-71(50-57)87(59-35-17-6-18-36-59)69-42-24-21-39-64(69)79(72)63-38-20-23-41-68(63)86(70)58-33-15-5-16-34-58/h1-50H. The molecule has 0 unspecified atom stereocenters. The van der Waals surface area contributed by atoms with Crippen LogP contribution in [0, 0.1) is 0 Å². The van der Waals surface area contributed by atoms with E-state index in [0.29, 0.717) is 34.9 Å². The number of aromatic nitrogens is 7. The van der Waals surface area contributed by atoms with Crippen LogP contribution in [0.25, 0.3) is 107 Å². The molecule has 0 atom stereocenters. The molecule has 9 nitrogen and oxygen atoms in total. The van der Waals surface area contributed by atoms with Gasteiger partial charge in [0.1, 0.15) is 0 Å². The third-order valence-electron chi connectivity index (χ3n) is 17.1. The van der Waals surface area contributed by atoms with E-state index in [4.69, 9.17) is 29.9 Å². The lowest BCUT2D eigenvalue weighted by Gasteiger charge is -2.44. The van der Waals surface area contributed by atoms with Gasteiger partial charge in [0, 0.05) is 78.3 Å². The van der Waals surface area contributed by atoms with Gasteiger partial charge in [0.15, 0.2) is 34.9 Å². The zero-order chi connectivity index (χ0) is 58.1. The molecule has 0 amide bonds. The van der Waals surface area contributed by atoms with Crippen LogP contribution < -0.4 is 26.2 Å². The fourth-order valence-corrected chi connectivity index (χ4v) is 13.1. The molecule has 10 heteroatoms. The lowest BCUT2D eigenvalue weighted by Crippen LogP contribution is -2.61. The van der Waals surface area contributed by atoms with Crippen molar-refractivity contribution in [2.45, 2.75) is 0 Å². The van der Waals surface area contributed by atoms with Crippen LogP contribution >= 0.6 is 0 Å². The zero-order valence-electron chi connectivity index (χ0n) is 47.5. The molecule has 17 rings (SSSR count). The van der Waals surface area contributed by atoms with Crippen LogP contribution in [0.15, 0.2) is 303 Å². The van der Waals surface area contributed by atoms with Crippen molar-refractivity contribution in [2.24, 2.45) is 0 Å². The van der Waals surface area contributed by atoms with Gasteiger partial charge in [-0.15, -0.1) is 0 Å². The average molecular weight is 1120 g/mol. The van der Waals surface area contributed by atoms with Crippen molar-refractivity contribution in [1.29, 1.82) is 0 Å². The quantitative estimate of drug-likeness (QED) is 0.125. The fraction of sp³-hybridized carbons (Fsp3) is 0. The van der Waals surface area contributed by atoms with Crippen LogP contribution in [0.5, 0.6) is 0 Å². The number of hydrogen-bond acceptors (Lipinski definition) is 8. The van der Waals surface area contributed by atoms with E-state index in [9.17, 15) is 0 Å². The van der Waals surface area contributed by atoms with E-state index in [1.807, 2.05) is 121 Å². The van der Waals surface area contributed by atoms with Crippen LogP contribution in [0.2, 0.25) is 0 Å². The second kappa shape index (κ2) is 21.0. The van der Waals surface area contributed by atoms with Crippen LogP contribution in [0.3, 0.4) is 0 Å². The Hall–Kier alpha value is -11.9. The number of anilines is 6. The highest BCUT2D eigenvalue weighted by Crippen LogP contribution is 2.47. The molecular weight excluding hydrogens is 1070 g/mol. The minimum Gasteiger partial charge on any atom is -0.311 e. The molecule has 5 heterocycles. The maximum Gasteiger partial charge on any atom is 0.252 e. The molecule has 0 spiro atoms. The van der Waals surface area contributed by atoms with E-state index in [2.05, 4.69) is 196 Å². The van der Waals surface area contributed by atoms with Crippen molar-refractivity contribution < 1.29 is 0 Å². The Labute approximate surface area is 509 Å². The monoisotopic (exact) mass is 1120 g/mol. The summed E-state index contributed by atoms with van der Waals surface area (Å²) in [6.07, 6.45) is 0. The molecular formula is C78H50BN9. The average Bonchev–Trinajstić information content (AvgIpc) is 1.14. The van der Waals surface area contributed by atoms with E-state index in [0.717, 1.165) is 94.8 Å². The van der Waals surface area contributed by atoms with Crippen LogP contribution in [-0.2, 0) is 0 Å². The summed E-state index contributed by atoms with van der Waals surface area (Å²) in [4.78, 5) is 36.4. The van der Waals surface area contributed by atoms with Gasteiger partial charge < -0.3 is 14.4 Å². The first kappa shape index (κ1) is 50.6. The highest BCUT2D eigenvalue weighted by molar-refractivity contribution is 7.00. The predicted octanol–water partition coefficient (Wildman–Crippen LogP) is 16.9. The molecule has 0 aliphatic carbocycles. The predicted molar refractivity (Wildman–Crippen MR) is 360 cm³/mol. The Kier molecular flexibility index (Phi) is 12.1. The molecule has 0 bridgehead atoms. The molecule has 0 saturated carbocycles. The minimum absolute atomic E-state index is 0.00581. The molecule has 0 radical (unpaired) electrons. The number of benzene rings is 12. The number of nitrogens with zero attached hydrogens (tertiary/aromatic N) is 9. The van der Waals surface area contributed by atoms with Gasteiger partial charge in [0.2, 0.25) is 0 Å². The first-order chi connectivity index (χ1) is 43.6. The van der Waals surface area contributed by atoms with E-state index in [-0.39, 0.29) is 6.71 Å². The smallest absolute Gasteiger partial charge is 0.252 e. The number of hydrogen-bond donors (Lipinski definition) is 0. The second-order valence-electron chi connectivity index (χ2n) is 22.2. The normalized spacial score (nSPS) is 12.2. The van der Waals surface area contributed by atoms with Gasteiger partial charge >= 0.3 is 0 Å². The fourth-order valence-electron chi connectivity index (χ4n) is 13.1. The summed E-state index contributed by atoms with van der Waals surface area (Å²) in [6, 6.07) is 107. The van der Waals surface area contributed by atoms with Crippen molar-refractivity contribution in [2.75, 3.05) is 9.80 Å². The third-order valence-corrected chi connectivity index (χ3v) is 17.1. The highest BCUT2D eigenvalue weighted by Gasteiger charge is 2.43. The Bertz CT molecular complexity index is 4930. The molecule has 0 N–H and O–H groups in total. The van der Waals surface area contributed by atoms with Gasteiger partial charge in [-0.25, -0.2) is 29.9 Å². The van der Waals surface area contributed by atoms with Crippen molar-refractivity contribution in [3.63, 3.8) is 0 Å². The summed E-state index contributed by atoms with van der Waals surface area (Å²) >= 11 is 0. The Morgan fingerprint density at radius 3 is 1.11 bits per heavy atom. The zero-order valence-corrected chi connectivity index (χ0v) is 47.5. The molecule has 0 fully saturated rings. The minimum atomic E-state index is 0.00581. The Morgan fingerprint density at radius 1 is 0.239 bits per heavy atom. The summed E-state index contributed by atoms with van der Waals surface area (Å²) in [5.74, 6) is 3.29. The van der Waals surface area contributed by atoms with Gasteiger partial charge in [-0.2, -0.15) is 0 Å². The molecule has 88 heavy (non-hydrogen) atoms. The maximum atomic E-state index is 5.40. The van der Waals surface area contributed by atoms with Crippen LogP contribution in [0.4, 0.5) is 34.1 Å². The lowest BCUT2D eigenvalue weighted by molar-refractivity contribution is 1.06. The molecule has 410 valence electrons. The van der Waals surface area contributed by atoms with E-state index in [1.54, 1.807) is 0 Å². The first-order valence-electron chi connectivity index (χ1n) is 29.6. The van der Waals surface area contributed by atoms with Gasteiger partial charge in [-0.05, 0) is 112 Å². The maximum absolute atomic E-state index is 5.40. The topological polar surface area (TPSA) is 88.8 Å². The Morgan fingerprint density at radius 2 is 0.625 bits per heavy atom. The highest BCUT2D eigenvalue weighted by atomic mass is 15.2. The molecule has 2 aliphatic rings. The summed E-state index contributed by atoms with van der Waals surface area (Å²) < 4.78 is 2.36. The van der Waals surface area contributed by atoms with Crippen LogP contribution in [0.1, 0.15) is 0 Å². The lowest BCUT2D eigenvalue weighted by atomic mass is 9.33. The van der Waals surface area contributed by atoms with Gasteiger partial charge in [0.05, 0.1) is 16.7 Å². The van der Waals surface area contributed by atoms with Crippen molar-refractivity contribution in [1.82, 2.24) is 34.5 Å². The van der Waals surface area contributed by atoms with Gasteiger partial charge in [0.25, 0.3) is 6.71 Å². The Balaban J connectivity index is 0.902. The van der Waals surface area contributed by atoms with Crippen molar-refractivity contribution in [3.05, 3.63) is 303 Å². The molecule has 2 aliphatic heterocycles. The molecule has 0 saturated heterocycles. The van der Waals surface area contributed by atoms with Crippen molar-refractivity contribution >= 4 is 79.0 Å². The second-order valence-corrected chi connectivity index (χ2v) is 22.2. The van der Waals surface area contributed by atoms with Crippen LogP contribution in [-0.4, -0.2) is 41.2 Å².